The van der Waals surface area contributed by atoms with E-state index in [2.05, 4.69) is 6.58 Å². The maximum Gasteiger partial charge on any atom is 0.334 e. The number of esters is 1. The van der Waals surface area contributed by atoms with Crippen LogP contribution in [0.4, 0.5) is 0 Å². The lowest BCUT2D eigenvalue weighted by atomic mass is 10.1. The molecule has 0 aromatic carbocycles. The summed E-state index contributed by atoms with van der Waals surface area (Å²) in [5.74, 6) is -0.536. The van der Waals surface area contributed by atoms with Gasteiger partial charge in [-0.25, -0.2) is 4.79 Å². The normalized spacial score (nSPS) is 31.8. The summed E-state index contributed by atoms with van der Waals surface area (Å²) in [7, 11) is 0. The number of nitriles is 1. The van der Waals surface area contributed by atoms with Crippen LogP contribution in [0.3, 0.4) is 0 Å². The maximum atomic E-state index is 11.5. The number of carbonyl (C=O) groups is 1. The zero-order chi connectivity index (χ0) is 11.5. The second kappa shape index (κ2) is 4.64. The van der Waals surface area contributed by atoms with Gasteiger partial charge in [0, 0.05) is 12.2 Å². The van der Waals surface area contributed by atoms with Crippen LogP contribution < -0.4 is 0 Å². The number of rotatable bonds is 3. The van der Waals surface area contributed by atoms with E-state index in [0.29, 0.717) is 13.2 Å². The van der Waals surface area contributed by atoms with E-state index in [1.807, 2.05) is 6.07 Å². The number of nitrogens with zero attached hydrogens (tertiary/aromatic N) is 1. The van der Waals surface area contributed by atoms with Gasteiger partial charge in [-0.2, -0.15) is 5.26 Å². The lowest BCUT2D eigenvalue weighted by molar-refractivity contribution is -0.148. The van der Waals surface area contributed by atoms with Crippen LogP contribution in [0, 0.1) is 11.3 Å². The summed E-state index contributed by atoms with van der Waals surface area (Å²) in [6.45, 7) is 4.50. The largest absolute Gasteiger partial charge is 0.454 e. The van der Waals surface area contributed by atoms with Gasteiger partial charge in [0.2, 0.25) is 0 Å². The Morgan fingerprint density at radius 3 is 3.12 bits per heavy atom. The SMILES string of the molecule is C=C(CC#N)C(=O)O[C@@H]1COC2CCO[C@@H]21. The zero-order valence-corrected chi connectivity index (χ0v) is 8.85. The van der Waals surface area contributed by atoms with Crippen molar-refractivity contribution < 1.29 is 19.0 Å². The third-order valence-electron chi connectivity index (χ3n) is 2.76. The minimum atomic E-state index is -0.536. The molecule has 0 aromatic heterocycles. The quantitative estimate of drug-likeness (QED) is 0.516. The molecule has 2 fully saturated rings. The van der Waals surface area contributed by atoms with Crippen LogP contribution in [0.2, 0.25) is 0 Å². The molecule has 0 amide bonds. The Labute approximate surface area is 93.6 Å². The summed E-state index contributed by atoms with van der Waals surface area (Å²) in [6.07, 6.45) is 0.357. The molecular weight excluding hydrogens is 210 g/mol. The van der Waals surface area contributed by atoms with E-state index in [1.165, 1.54) is 0 Å². The van der Waals surface area contributed by atoms with E-state index in [-0.39, 0.29) is 30.3 Å². The minimum absolute atomic E-state index is 0.0125. The number of fused-ring (bicyclic) bond motifs is 1. The fourth-order valence-electron chi connectivity index (χ4n) is 1.92. The van der Waals surface area contributed by atoms with Crippen molar-refractivity contribution in [2.24, 2.45) is 0 Å². The molecule has 0 aromatic rings. The van der Waals surface area contributed by atoms with Crippen LogP contribution in [-0.2, 0) is 19.0 Å². The minimum Gasteiger partial charge on any atom is -0.454 e. The predicted molar refractivity (Wildman–Crippen MR) is 53.3 cm³/mol. The number of carbonyl (C=O) groups excluding carboxylic acids is 1. The molecule has 0 aliphatic carbocycles. The van der Waals surface area contributed by atoms with Gasteiger partial charge in [0.1, 0.15) is 6.10 Å². The van der Waals surface area contributed by atoms with Gasteiger partial charge in [-0.3, -0.25) is 0 Å². The average Bonchev–Trinajstić information content (AvgIpc) is 2.83. The van der Waals surface area contributed by atoms with Crippen LogP contribution in [-0.4, -0.2) is 37.5 Å². The lowest BCUT2D eigenvalue weighted by Gasteiger charge is -2.16. The molecule has 2 aliphatic heterocycles. The molecule has 2 rings (SSSR count). The van der Waals surface area contributed by atoms with Gasteiger partial charge in [0.25, 0.3) is 0 Å². The van der Waals surface area contributed by atoms with E-state index < -0.39 is 5.97 Å². The van der Waals surface area contributed by atoms with Gasteiger partial charge >= 0.3 is 5.97 Å². The van der Waals surface area contributed by atoms with E-state index in [0.717, 1.165) is 6.42 Å². The molecule has 0 N–H and O–H groups in total. The Hall–Kier alpha value is -1.38. The van der Waals surface area contributed by atoms with Gasteiger partial charge in [0.05, 0.1) is 25.2 Å². The molecule has 2 heterocycles. The maximum absolute atomic E-state index is 11.5. The van der Waals surface area contributed by atoms with Gasteiger partial charge in [-0.15, -0.1) is 0 Å². The standard InChI is InChI=1S/C11H13NO4/c1-7(2-4-12)11(13)16-9-6-15-8-3-5-14-10(8)9/h8-10H,1-3,5-6H2/t8?,9-,10+/m1/s1. The van der Waals surface area contributed by atoms with Crippen LogP contribution >= 0.6 is 0 Å². The first-order valence-corrected chi connectivity index (χ1v) is 5.21. The van der Waals surface area contributed by atoms with Crippen molar-refractivity contribution in [1.29, 1.82) is 5.26 Å². The van der Waals surface area contributed by atoms with Crippen LogP contribution in [0.5, 0.6) is 0 Å². The molecule has 3 atom stereocenters. The third-order valence-corrected chi connectivity index (χ3v) is 2.76. The Kier molecular flexibility index (Phi) is 3.22. The molecule has 0 radical (unpaired) electrons. The predicted octanol–water partition coefficient (Wildman–Crippen LogP) is 0.556. The summed E-state index contributed by atoms with van der Waals surface area (Å²) in [4.78, 5) is 11.5. The lowest BCUT2D eigenvalue weighted by Crippen LogP contribution is -2.32. The Morgan fingerprint density at radius 1 is 1.56 bits per heavy atom. The van der Waals surface area contributed by atoms with Crippen molar-refractivity contribution in [3.05, 3.63) is 12.2 Å². The molecule has 2 saturated heterocycles. The van der Waals surface area contributed by atoms with Crippen molar-refractivity contribution in [1.82, 2.24) is 0 Å². The van der Waals surface area contributed by atoms with E-state index >= 15 is 0 Å². The van der Waals surface area contributed by atoms with E-state index in [4.69, 9.17) is 19.5 Å². The Morgan fingerprint density at radius 2 is 2.38 bits per heavy atom. The summed E-state index contributed by atoms with van der Waals surface area (Å²) in [6, 6.07) is 1.86. The fourth-order valence-corrected chi connectivity index (χ4v) is 1.92. The van der Waals surface area contributed by atoms with Gasteiger partial charge in [-0.1, -0.05) is 6.58 Å². The highest BCUT2D eigenvalue weighted by atomic mass is 16.6. The summed E-state index contributed by atoms with van der Waals surface area (Å²) in [5, 5.41) is 8.43. The molecular formula is C11H13NO4. The van der Waals surface area contributed by atoms with Gasteiger partial charge < -0.3 is 14.2 Å². The highest BCUT2D eigenvalue weighted by Crippen LogP contribution is 2.28. The van der Waals surface area contributed by atoms with E-state index in [1.54, 1.807) is 0 Å². The van der Waals surface area contributed by atoms with Crippen LogP contribution in [0.25, 0.3) is 0 Å². The summed E-state index contributed by atoms with van der Waals surface area (Å²) >= 11 is 0. The van der Waals surface area contributed by atoms with Gasteiger partial charge in [-0.05, 0) is 6.42 Å². The second-order valence-electron chi connectivity index (χ2n) is 3.88. The zero-order valence-electron chi connectivity index (χ0n) is 8.85. The van der Waals surface area contributed by atoms with Crippen LogP contribution in [0.1, 0.15) is 12.8 Å². The molecule has 5 heteroatoms. The van der Waals surface area contributed by atoms with Crippen molar-refractivity contribution >= 4 is 5.97 Å². The molecule has 0 spiro atoms. The first-order chi connectivity index (χ1) is 7.72. The van der Waals surface area contributed by atoms with Crippen molar-refractivity contribution in [2.45, 2.75) is 31.2 Å². The van der Waals surface area contributed by atoms with Crippen molar-refractivity contribution in [3.8, 4) is 6.07 Å². The number of hydrogen-bond acceptors (Lipinski definition) is 5. The first kappa shape index (κ1) is 11.1. The number of hydrogen-bond donors (Lipinski definition) is 0. The summed E-state index contributed by atoms with van der Waals surface area (Å²) in [5.41, 5.74) is 0.170. The number of ether oxygens (including phenoxy) is 3. The van der Waals surface area contributed by atoms with Crippen LogP contribution in [0.15, 0.2) is 12.2 Å². The van der Waals surface area contributed by atoms with Crippen molar-refractivity contribution in [3.63, 3.8) is 0 Å². The van der Waals surface area contributed by atoms with E-state index in [9.17, 15) is 4.79 Å². The second-order valence-corrected chi connectivity index (χ2v) is 3.88. The summed E-state index contributed by atoms with van der Waals surface area (Å²) < 4.78 is 16.1. The van der Waals surface area contributed by atoms with Crippen molar-refractivity contribution in [2.75, 3.05) is 13.2 Å². The highest BCUT2D eigenvalue weighted by molar-refractivity contribution is 5.88. The molecule has 5 nitrogen and oxygen atoms in total. The molecule has 16 heavy (non-hydrogen) atoms. The monoisotopic (exact) mass is 223 g/mol. The molecule has 86 valence electrons. The molecule has 2 aliphatic rings. The highest BCUT2D eigenvalue weighted by Gasteiger charge is 2.44. The molecule has 0 bridgehead atoms. The van der Waals surface area contributed by atoms with Gasteiger partial charge in [0.15, 0.2) is 6.10 Å². The Bertz CT molecular complexity index is 346. The smallest absolute Gasteiger partial charge is 0.334 e. The third kappa shape index (κ3) is 2.08. The molecule has 1 unspecified atom stereocenters. The topological polar surface area (TPSA) is 68.6 Å². The Balaban J connectivity index is 1.88. The fraction of sp³-hybridized carbons (Fsp3) is 0.636. The molecule has 0 saturated carbocycles. The average molecular weight is 223 g/mol. The first-order valence-electron chi connectivity index (χ1n) is 5.21.